The number of piperazine rings is 1. The van der Waals surface area contributed by atoms with Gasteiger partial charge in [0, 0.05) is 38.4 Å². The van der Waals surface area contributed by atoms with Gasteiger partial charge in [0.05, 0.1) is 5.75 Å². The molecule has 0 aromatic heterocycles. The van der Waals surface area contributed by atoms with Gasteiger partial charge in [0.15, 0.2) is 6.61 Å². The summed E-state index contributed by atoms with van der Waals surface area (Å²) < 4.78 is 44.7. The molecule has 0 bridgehead atoms. The molecule has 1 aliphatic rings. The summed E-state index contributed by atoms with van der Waals surface area (Å²) in [5.74, 6) is -0.624. The van der Waals surface area contributed by atoms with Gasteiger partial charge in [-0.05, 0) is 48.9 Å². The predicted octanol–water partition coefficient (Wildman–Crippen LogP) is 1.78. The molecule has 2 aromatic rings. The molecule has 1 saturated heterocycles. The van der Waals surface area contributed by atoms with Crippen LogP contribution in [0.5, 0.6) is 5.75 Å². The van der Waals surface area contributed by atoms with E-state index >= 15 is 0 Å². The number of benzene rings is 2. The maximum atomic E-state index is 12.8. The molecule has 0 radical (unpaired) electrons. The minimum Gasteiger partial charge on any atom is -0.484 e. The normalized spacial score (nSPS) is 15.1. The molecule has 3 rings (SSSR count). The topological polar surface area (TPSA) is 79.0 Å². The minimum absolute atomic E-state index is 0.00599. The van der Waals surface area contributed by atoms with Crippen LogP contribution in [0.25, 0.3) is 0 Å². The Morgan fingerprint density at radius 1 is 1.10 bits per heavy atom. The first kappa shape index (κ1) is 22.0. The molecule has 0 saturated carbocycles. The molecule has 1 N–H and O–H groups in total. The van der Waals surface area contributed by atoms with Crippen LogP contribution in [0.2, 0.25) is 0 Å². The van der Waals surface area contributed by atoms with Crippen molar-refractivity contribution in [1.82, 2.24) is 9.62 Å². The molecular formula is C21H26FN3O4S. The molecule has 0 aliphatic carbocycles. The Morgan fingerprint density at radius 3 is 2.47 bits per heavy atom. The summed E-state index contributed by atoms with van der Waals surface area (Å²) in [6, 6.07) is 13.5. The lowest BCUT2D eigenvalue weighted by Crippen LogP contribution is -2.50. The van der Waals surface area contributed by atoms with E-state index in [0.717, 1.165) is 5.69 Å². The number of anilines is 1. The fourth-order valence-corrected chi connectivity index (χ4v) is 4.57. The minimum atomic E-state index is -3.46. The van der Waals surface area contributed by atoms with E-state index in [1.165, 1.54) is 34.1 Å². The quantitative estimate of drug-likeness (QED) is 0.684. The SMILES string of the molecule is Cc1cccc(N2CCN(S(=O)(=O)CCNC(=O)COc3ccc(F)cc3)CC2)c1. The average molecular weight is 436 g/mol. The Kier molecular flexibility index (Phi) is 7.28. The summed E-state index contributed by atoms with van der Waals surface area (Å²) >= 11 is 0. The first-order chi connectivity index (χ1) is 14.3. The Labute approximate surface area is 176 Å². The zero-order valence-corrected chi connectivity index (χ0v) is 17.7. The van der Waals surface area contributed by atoms with Crippen molar-refractivity contribution < 1.29 is 22.3 Å². The van der Waals surface area contributed by atoms with Crippen molar-refractivity contribution in [2.75, 3.05) is 50.0 Å². The number of rotatable bonds is 8. The molecule has 30 heavy (non-hydrogen) atoms. The molecule has 162 valence electrons. The number of halogens is 1. The highest BCUT2D eigenvalue weighted by Crippen LogP contribution is 2.19. The third-order valence-electron chi connectivity index (χ3n) is 4.86. The number of carbonyl (C=O) groups is 1. The predicted molar refractivity (Wildman–Crippen MR) is 114 cm³/mol. The molecular weight excluding hydrogens is 409 g/mol. The number of ether oxygens (including phenoxy) is 1. The van der Waals surface area contributed by atoms with Crippen molar-refractivity contribution in [2.45, 2.75) is 6.92 Å². The first-order valence-electron chi connectivity index (χ1n) is 9.78. The Balaban J connectivity index is 1.40. The summed E-state index contributed by atoms with van der Waals surface area (Å²) in [5.41, 5.74) is 2.27. The van der Waals surface area contributed by atoms with E-state index in [0.29, 0.717) is 31.9 Å². The summed E-state index contributed by atoms with van der Waals surface area (Å²) in [6.45, 7) is 3.85. The number of nitrogens with zero attached hydrogens (tertiary/aromatic N) is 2. The molecule has 1 aliphatic heterocycles. The van der Waals surface area contributed by atoms with Crippen LogP contribution in [-0.2, 0) is 14.8 Å². The van der Waals surface area contributed by atoms with Gasteiger partial charge in [0.25, 0.3) is 5.91 Å². The molecule has 0 spiro atoms. The lowest BCUT2D eigenvalue weighted by Gasteiger charge is -2.35. The van der Waals surface area contributed by atoms with Gasteiger partial charge in [-0.1, -0.05) is 12.1 Å². The number of aryl methyl sites for hydroxylation is 1. The van der Waals surface area contributed by atoms with Gasteiger partial charge in [-0.2, -0.15) is 4.31 Å². The number of amides is 1. The Morgan fingerprint density at radius 2 is 1.80 bits per heavy atom. The average Bonchev–Trinajstić information content (AvgIpc) is 2.73. The third kappa shape index (κ3) is 6.17. The number of sulfonamides is 1. The highest BCUT2D eigenvalue weighted by Gasteiger charge is 2.26. The van der Waals surface area contributed by atoms with Crippen LogP contribution in [-0.4, -0.2) is 63.7 Å². The van der Waals surface area contributed by atoms with Gasteiger partial charge in [0.2, 0.25) is 10.0 Å². The van der Waals surface area contributed by atoms with Crippen molar-refractivity contribution in [3.05, 3.63) is 59.9 Å². The van der Waals surface area contributed by atoms with Crippen molar-refractivity contribution >= 4 is 21.6 Å². The van der Waals surface area contributed by atoms with Crippen LogP contribution in [0, 0.1) is 12.7 Å². The molecule has 1 heterocycles. The Hall–Kier alpha value is -2.65. The molecule has 0 unspecified atom stereocenters. The van der Waals surface area contributed by atoms with Gasteiger partial charge in [0.1, 0.15) is 11.6 Å². The van der Waals surface area contributed by atoms with E-state index in [4.69, 9.17) is 4.74 Å². The zero-order chi connectivity index (χ0) is 21.6. The smallest absolute Gasteiger partial charge is 0.257 e. The van der Waals surface area contributed by atoms with Crippen LogP contribution in [0.15, 0.2) is 48.5 Å². The van der Waals surface area contributed by atoms with Gasteiger partial charge in [-0.15, -0.1) is 0 Å². The third-order valence-corrected chi connectivity index (χ3v) is 6.74. The van der Waals surface area contributed by atoms with E-state index in [1.54, 1.807) is 0 Å². The van der Waals surface area contributed by atoms with Crippen molar-refractivity contribution in [1.29, 1.82) is 0 Å². The van der Waals surface area contributed by atoms with E-state index < -0.39 is 21.7 Å². The second-order valence-electron chi connectivity index (χ2n) is 7.13. The summed E-state index contributed by atoms with van der Waals surface area (Å²) in [7, 11) is -3.46. The van der Waals surface area contributed by atoms with Crippen LogP contribution in [0.4, 0.5) is 10.1 Å². The van der Waals surface area contributed by atoms with Crippen LogP contribution >= 0.6 is 0 Å². The van der Waals surface area contributed by atoms with E-state index in [1.807, 2.05) is 25.1 Å². The van der Waals surface area contributed by atoms with E-state index in [-0.39, 0.29) is 18.9 Å². The lowest BCUT2D eigenvalue weighted by molar-refractivity contribution is -0.122. The van der Waals surface area contributed by atoms with Crippen molar-refractivity contribution in [3.63, 3.8) is 0 Å². The molecule has 9 heteroatoms. The fourth-order valence-electron chi connectivity index (χ4n) is 3.23. The highest BCUT2D eigenvalue weighted by atomic mass is 32.2. The van der Waals surface area contributed by atoms with Crippen molar-refractivity contribution in [3.8, 4) is 5.75 Å². The highest BCUT2D eigenvalue weighted by molar-refractivity contribution is 7.89. The maximum absolute atomic E-state index is 12.8. The number of carbonyl (C=O) groups excluding carboxylic acids is 1. The van der Waals surface area contributed by atoms with Gasteiger partial charge < -0.3 is 15.0 Å². The van der Waals surface area contributed by atoms with Crippen LogP contribution in [0.3, 0.4) is 0 Å². The summed E-state index contributed by atoms with van der Waals surface area (Å²) in [6.07, 6.45) is 0. The number of hydrogen-bond acceptors (Lipinski definition) is 5. The lowest BCUT2D eigenvalue weighted by atomic mass is 10.2. The molecule has 0 atom stereocenters. The van der Waals surface area contributed by atoms with E-state index in [2.05, 4.69) is 16.3 Å². The first-order valence-corrected chi connectivity index (χ1v) is 11.4. The monoisotopic (exact) mass is 435 g/mol. The standard InChI is InChI=1S/C21H26FN3O4S/c1-17-3-2-4-19(15-17)24-10-12-25(13-11-24)30(27,28)14-9-23-21(26)16-29-20-7-5-18(22)6-8-20/h2-8,15H,9-14,16H2,1H3,(H,23,26). The number of hydrogen-bond donors (Lipinski definition) is 1. The second kappa shape index (κ2) is 9.90. The fraction of sp³-hybridized carbons (Fsp3) is 0.381. The molecule has 1 fully saturated rings. The zero-order valence-electron chi connectivity index (χ0n) is 16.9. The van der Waals surface area contributed by atoms with Gasteiger partial charge >= 0.3 is 0 Å². The molecule has 1 amide bonds. The Bertz CT molecular complexity index is 958. The summed E-state index contributed by atoms with van der Waals surface area (Å²) in [4.78, 5) is 14.0. The largest absolute Gasteiger partial charge is 0.484 e. The van der Waals surface area contributed by atoms with Gasteiger partial charge in [-0.3, -0.25) is 4.79 Å². The second-order valence-corrected chi connectivity index (χ2v) is 9.22. The maximum Gasteiger partial charge on any atom is 0.257 e. The van der Waals surface area contributed by atoms with Gasteiger partial charge in [-0.25, -0.2) is 12.8 Å². The van der Waals surface area contributed by atoms with Crippen molar-refractivity contribution in [2.24, 2.45) is 0 Å². The number of nitrogens with one attached hydrogen (secondary N) is 1. The van der Waals surface area contributed by atoms with E-state index in [9.17, 15) is 17.6 Å². The van der Waals surface area contributed by atoms with Crippen LogP contribution in [0.1, 0.15) is 5.56 Å². The summed E-state index contributed by atoms with van der Waals surface area (Å²) in [5, 5.41) is 2.55. The molecule has 7 nitrogen and oxygen atoms in total. The molecule has 2 aromatic carbocycles. The van der Waals surface area contributed by atoms with Crippen LogP contribution < -0.4 is 15.0 Å².